The molecule has 144 valence electrons. The number of hydrogen-bond acceptors (Lipinski definition) is 6. The van der Waals surface area contributed by atoms with Gasteiger partial charge in [0, 0.05) is 17.4 Å². The van der Waals surface area contributed by atoms with E-state index < -0.39 is 11.7 Å². The number of anilines is 1. The maximum atomic E-state index is 13.8. The van der Waals surface area contributed by atoms with Crippen molar-refractivity contribution in [1.29, 1.82) is 0 Å². The Morgan fingerprint density at radius 1 is 1.10 bits per heavy atom. The second-order valence-corrected chi connectivity index (χ2v) is 6.00. The number of benzene rings is 2. The van der Waals surface area contributed by atoms with Crippen LogP contribution in [0.3, 0.4) is 0 Å². The van der Waals surface area contributed by atoms with Gasteiger partial charge in [0.25, 0.3) is 11.8 Å². The lowest BCUT2D eigenvalue weighted by molar-refractivity contribution is 0.102. The SMILES string of the molecule is COc1ncccc1-c1nc(-c2cccc(NC(=O)c3ccccc3F)c2)no1. The summed E-state index contributed by atoms with van der Waals surface area (Å²) in [5.41, 5.74) is 1.62. The second kappa shape index (κ2) is 7.89. The summed E-state index contributed by atoms with van der Waals surface area (Å²) in [6.07, 6.45) is 1.60. The number of rotatable bonds is 5. The van der Waals surface area contributed by atoms with Gasteiger partial charge in [-0.3, -0.25) is 4.79 Å². The molecule has 0 atom stereocenters. The second-order valence-electron chi connectivity index (χ2n) is 6.00. The Kier molecular flexibility index (Phi) is 4.98. The normalized spacial score (nSPS) is 10.6. The maximum Gasteiger partial charge on any atom is 0.263 e. The predicted molar refractivity (Wildman–Crippen MR) is 104 cm³/mol. The number of ether oxygens (including phenoxy) is 1. The molecular weight excluding hydrogens is 375 g/mol. The van der Waals surface area contributed by atoms with Crippen molar-refractivity contribution in [3.8, 4) is 28.7 Å². The van der Waals surface area contributed by atoms with Crippen molar-refractivity contribution in [3.63, 3.8) is 0 Å². The fourth-order valence-electron chi connectivity index (χ4n) is 2.75. The van der Waals surface area contributed by atoms with Crippen molar-refractivity contribution in [3.05, 3.63) is 78.2 Å². The molecule has 0 aliphatic carbocycles. The van der Waals surface area contributed by atoms with Gasteiger partial charge in [0.2, 0.25) is 11.7 Å². The average molecular weight is 390 g/mol. The van der Waals surface area contributed by atoms with Crippen molar-refractivity contribution < 1.29 is 18.4 Å². The van der Waals surface area contributed by atoms with E-state index in [2.05, 4.69) is 20.4 Å². The van der Waals surface area contributed by atoms with Gasteiger partial charge in [0.15, 0.2) is 0 Å². The molecule has 0 radical (unpaired) electrons. The highest BCUT2D eigenvalue weighted by Gasteiger charge is 2.16. The lowest BCUT2D eigenvalue weighted by Gasteiger charge is -2.07. The minimum Gasteiger partial charge on any atom is -0.480 e. The number of carbonyl (C=O) groups is 1. The first-order chi connectivity index (χ1) is 14.2. The molecular formula is C21H15FN4O3. The molecule has 2 aromatic heterocycles. The number of nitrogens with zero attached hydrogens (tertiary/aromatic N) is 3. The van der Waals surface area contributed by atoms with E-state index in [9.17, 15) is 9.18 Å². The first-order valence-corrected chi connectivity index (χ1v) is 8.65. The van der Waals surface area contributed by atoms with Crippen LogP contribution in [0.5, 0.6) is 5.88 Å². The van der Waals surface area contributed by atoms with E-state index in [4.69, 9.17) is 9.26 Å². The number of pyridine rings is 1. The fourth-order valence-corrected chi connectivity index (χ4v) is 2.75. The highest BCUT2D eigenvalue weighted by Crippen LogP contribution is 2.28. The molecule has 8 heteroatoms. The summed E-state index contributed by atoms with van der Waals surface area (Å²) >= 11 is 0. The summed E-state index contributed by atoms with van der Waals surface area (Å²) < 4.78 is 24.4. The smallest absolute Gasteiger partial charge is 0.263 e. The number of methoxy groups -OCH3 is 1. The molecule has 7 nitrogen and oxygen atoms in total. The highest BCUT2D eigenvalue weighted by molar-refractivity contribution is 6.04. The van der Waals surface area contributed by atoms with Crippen molar-refractivity contribution in [2.45, 2.75) is 0 Å². The predicted octanol–water partition coefficient (Wildman–Crippen LogP) is 4.20. The molecule has 29 heavy (non-hydrogen) atoms. The Balaban J connectivity index is 1.59. The standard InChI is InChI=1S/C21H15FN4O3/c1-28-20-16(9-5-11-23-20)21-25-18(26-29-21)13-6-4-7-14(12-13)24-19(27)15-8-2-3-10-17(15)22/h2-12H,1H3,(H,24,27). The third kappa shape index (κ3) is 3.81. The van der Waals surface area contributed by atoms with Gasteiger partial charge in [0.1, 0.15) is 11.4 Å². The average Bonchev–Trinajstić information content (AvgIpc) is 3.24. The van der Waals surface area contributed by atoms with Crippen LogP contribution in [0, 0.1) is 5.82 Å². The molecule has 0 bridgehead atoms. The number of carbonyl (C=O) groups excluding carboxylic acids is 1. The molecule has 2 aromatic carbocycles. The molecule has 0 aliphatic heterocycles. The zero-order chi connectivity index (χ0) is 20.2. The van der Waals surface area contributed by atoms with Gasteiger partial charge in [-0.1, -0.05) is 29.4 Å². The fraction of sp³-hybridized carbons (Fsp3) is 0.0476. The number of aromatic nitrogens is 3. The minimum absolute atomic E-state index is 0.0385. The Morgan fingerprint density at radius 2 is 1.97 bits per heavy atom. The lowest BCUT2D eigenvalue weighted by atomic mass is 10.1. The van der Waals surface area contributed by atoms with Gasteiger partial charge in [-0.2, -0.15) is 4.98 Å². The highest BCUT2D eigenvalue weighted by atomic mass is 19.1. The topological polar surface area (TPSA) is 90.1 Å². The summed E-state index contributed by atoms with van der Waals surface area (Å²) in [7, 11) is 1.50. The third-order valence-corrected chi connectivity index (χ3v) is 4.12. The van der Waals surface area contributed by atoms with Gasteiger partial charge in [-0.15, -0.1) is 0 Å². The van der Waals surface area contributed by atoms with Crippen molar-refractivity contribution >= 4 is 11.6 Å². The lowest BCUT2D eigenvalue weighted by Crippen LogP contribution is -2.13. The van der Waals surface area contributed by atoms with Gasteiger partial charge in [-0.25, -0.2) is 9.37 Å². The van der Waals surface area contributed by atoms with Crippen LogP contribution < -0.4 is 10.1 Å². The van der Waals surface area contributed by atoms with Crippen LogP contribution in [-0.2, 0) is 0 Å². The van der Waals surface area contributed by atoms with Crippen LogP contribution in [0.4, 0.5) is 10.1 Å². The van der Waals surface area contributed by atoms with Crippen molar-refractivity contribution in [1.82, 2.24) is 15.1 Å². The molecule has 0 unspecified atom stereocenters. The number of amides is 1. The first-order valence-electron chi connectivity index (χ1n) is 8.65. The van der Waals surface area contributed by atoms with E-state index in [-0.39, 0.29) is 11.5 Å². The summed E-state index contributed by atoms with van der Waals surface area (Å²) in [4.78, 5) is 20.8. The molecule has 0 aliphatic rings. The first kappa shape index (κ1) is 18.3. The summed E-state index contributed by atoms with van der Waals surface area (Å²) in [5.74, 6) is -0.184. The van der Waals surface area contributed by atoms with E-state index in [1.807, 2.05) is 0 Å². The summed E-state index contributed by atoms with van der Waals surface area (Å²) in [5, 5.41) is 6.66. The van der Waals surface area contributed by atoms with E-state index in [0.717, 1.165) is 0 Å². The molecule has 4 aromatic rings. The zero-order valence-electron chi connectivity index (χ0n) is 15.3. The van der Waals surface area contributed by atoms with E-state index in [0.29, 0.717) is 28.5 Å². The molecule has 1 N–H and O–H groups in total. The number of nitrogens with one attached hydrogen (secondary N) is 1. The molecule has 0 saturated heterocycles. The Bertz CT molecular complexity index is 1180. The monoisotopic (exact) mass is 390 g/mol. The summed E-state index contributed by atoms with van der Waals surface area (Å²) in [6, 6.07) is 16.1. The maximum absolute atomic E-state index is 13.8. The molecule has 0 spiro atoms. The largest absolute Gasteiger partial charge is 0.480 e. The van der Waals surface area contributed by atoms with E-state index >= 15 is 0 Å². The van der Waals surface area contributed by atoms with Crippen molar-refractivity contribution in [2.24, 2.45) is 0 Å². The zero-order valence-corrected chi connectivity index (χ0v) is 15.3. The van der Waals surface area contributed by atoms with Crippen LogP contribution in [0.15, 0.2) is 71.4 Å². The molecule has 0 fully saturated rings. The number of hydrogen-bond donors (Lipinski definition) is 1. The Labute approximate surface area is 165 Å². The van der Waals surface area contributed by atoms with Crippen LogP contribution in [0.25, 0.3) is 22.8 Å². The molecule has 0 saturated carbocycles. The van der Waals surface area contributed by atoms with Crippen LogP contribution in [-0.4, -0.2) is 28.1 Å². The van der Waals surface area contributed by atoms with Crippen LogP contribution in [0.2, 0.25) is 0 Å². The summed E-state index contributed by atoms with van der Waals surface area (Å²) in [6.45, 7) is 0. The molecule has 4 rings (SSSR count). The van der Waals surface area contributed by atoms with E-state index in [1.165, 1.54) is 25.3 Å². The quantitative estimate of drug-likeness (QED) is 0.549. The van der Waals surface area contributed by atoms with Gasteiger partial charge >= 0.3 is 0 Å². The molecule has 2 heterocycles. The van der Waals surface area contributed by atoms with Gasteiger partial charge < -0.3 is 14.6 Å². The minimum atomic E-state index is -0.589. The molecule has 1 amide bonds. The number of halogens is 1. The van der Waals surface area contributed by atoms with E-state index in [1.54, 1.807) is 48.7 Å². The van der Waals surface area contributed by atoms with Crippen LogP contribution in [0.1, 0.15) is 10.4 Å². The van der Waals surface area contributed by atoms with Crippen molar-refractivity contribution in [2.75, 3.05) is 12.4 Å². The Hall–Kier alpha value is -4.07. The third-order valence-electron chi connectivity index (χ3n) is 4.12. The Morgan fingerprint density at radius 3 is 2.79 bits per heavy atom. The van der Waals surface area contributed by atoms with Gasteiger partial charge in [-0.05, 0) is 36.4 Å². The van der Waals surface area contributed by atoms with Crippen LogP contribution >= 0.6 is 0 Å². The van der Waals surface area contributed by atoms with Gasteiger partial charge in [0.05, 0.1) is 12.7 Å².